The van der Waals surface area contributed by atoms with Crippen LogP contribution in [0.1, 0.15) is 16.7 Å². The normalized spacial score (nSPS) is 10.8. The van der Waals surface area contributed by atoms with E-state index in [1.165, 1.54) is 24.3 Å². The number of fused-ring (bicyclic) bond motifs is 1. The fraction of sp³-hybridized carbons (Fsp3) is 0.167. The van der Waals surface area contributed by atoms with Crippen LogP contribution in [0.5, 0.6) is 0 Å². The second-order valence-corrected chi connectivity index (χ2v) is 5.67. The molecule has 1 heterocycles. The molecule has 0 aliphatic heterocycles. The third-order valence-corrected chi connectivity index (χ3v) is 4.05. The molecule has 0 fully saturated rings. The number of hydrogen-bond acceptors (Lipinski definition) is 4. The molecule has 1 N–H and O–H groups in total. The highest BCUT2D eigenvalue weighted by Gasteiger charge is 2.13. The number of aryl methyl sites for hydroxylation is 2. The van der Waals surface area contributed by atoms with Crippen LogP contribution in [0.25, 0.3) is 11.0 Å². The van der Waals surface area contributed by atoms with Gasteiger partial charge < -0.3 is 9.73 Å². The number of non-ortho nitro benzene ring substituents is 1. The van der Waals surface area contributed by atoms with Crippen molar-refractivity contribution in [3.8, 4) is 0 Å². The molecule has 6 heteroatoms. The van der Waals surface area contributed by atoms with Gasteiger partial charge in [-0.1, -0.05) is 12.1 Å². The summed E-state index contributed by atoms with van der Waals surface area (Å²) >= 11 is 0. The summed E-state index contributed by atoms with van der Waals surface area (Å²) in [4.78, 5) is 22.4. The summed E-state index contributed by atoms with van der Waals surface area (Å²) in [6.07, 6.45) is 1.78. The Balaban J connectivity index is 1.75. The number of carbonyl (C=O) groups excluding carboxylic acids is 1. The number of rotatable bonds is 4. The molecule has 3 aromatic rings. The Bertz CT molecular complexity index is 926. The molecule has 0 spiro atoms. The molecule has 6 nitrogen and oxygen atoms in total. The quantitative estimate of drug-likeness (QED) is 0.577. The lowest BCUT2D eigenvalue weighted by Crippen LogP contribution is -2.14. The highest BCUT2D eigenvalue weighted by Crippen LogP contribution is 2.27. The largest absolute Gasteiger partial charge is 0.464 e. The smallest absolute Gasteiger partial charge is 0.269 e. The molecule has 0 aliphatic carbocycles. The van der Waals surface area contributed by atoms with Gasteiger partial charge in [-0.3, -0.25) is 14.9 Å². The van der Waals surface area contributed by atoms with Crippen LogP contribution in [0, 0.1) is 24.0 Å². The van der Waals surface area contributed by atoms with E-state index in [1.54, 1.807) is 6.26 Å². The summed E-state index contributed by atoms with van der Waals surface area (Å²) in [6.45, 7) is 4.00. The number of nitrogens with one attached hydrogen (secondary N) is 1. The zero-order valence-corrected chi connectivity index (χ0v) is 13.3. The fourth-order valence-corrected chi connectivity index (χ4v) is 2.57. The van der Waals surface area contributed by atoms with Crippen LogP contribution >= 0.6 is 0 Å². The lowest BCUT2D eigenvalue weighted by atomic mass is 10.0. The zero-order chi connectivity index (χ0) is 17.3. The first-order chi connectivity index (χ1) is 11.5. The summed E-state index contributed by atoms with van der Waals surface area (Å²) < 4.78 is 5.60. The van der Waals surface area contributed by atoms with E-state index in [0.29, 0.717) is 5.69 Å². The number of nitrogens with zero attached hydrogens (tertiary/aromatic N) is 1. The Morgan fingerprint density at radius 3 is 2.54 bits per heavy atom. The third kappa shape index (κ3) is 2.99. The Hall–Kier alpha value is -3.15. The Labute approximate surface area is 138 Å². The summed E-state index contributed by atoms with van der Waals surface area (Å²) in [6, 6.07) is 9.69. The number of nitro groups is 1. The van der Waals surface area contributed by atoms with Gasteiger partial charge in [0, 0.05) is 28.8 Å². The summed E-state index contributed by atoms with van der Waals surface area (Å²) in [5.41, 5.74) is 4.32. The minimum Gasteiger partial charge on any atom is -0.464 e. The van der Waals surface area contributed by atoms with Crippen LogP contribution in [0.15, 0.2) is 47.1 Å². The van der Waals surface area contributed by atoms with E-state index in [2.05, 4.69) is 5.32 Å². The van der Waals surface area contributed by atoms with E-state index < -0.39 is 4.92 Å². The molecule has 1 aromatic heterocycles. The van der Waals surface area contributed by atoms with E-state index in [1.807, 2.05) is 26.0 Å². The van der Waals surface area contributed by atoms with Crippen molar-refractivity contribution in [3.05, 3.63) is 69.5 Å². The van der Waals surface area contributed by atoms with E-state index in [0.717, 1.165) is 27.7 Å². The van der Waals surface area contributed by atoms with Crippen molar-refractivity contribution in [2.24, 2.45) is 0 Å². The second-order valence-electron chi connectivity index (χ2n) is 5.67. The van der Waals surface area contributed by atoms with Crippen LogP contribution < -0.4 is 5.32 Å². The van der Waals surface area contributed by atoms with Crippen molar-refractivity contribution in [1.82, 2.24) is 0 Å². The molecule has 0 saturated heterocycles. The summed E-state index contributed by atoms with van der Waals surface area (Å²) in [5, 5.41) is 14.3. The average molecular weight is 324 g/mol. The lowest BCUT2D eigenvalue weighted by molar-refractivity contribution is -0.384. The molecular weight excluding hydrogens is 308 g/mol. The van der Waals surface area contributed by atoms with Crippen molar-refractivity contribution >= 4 is 28.3 Å². The number of benzene rings is 2. The van der Waals surface area contributed by atoms with Gasteiger partial charge in [-0.15, -0.1) is 0 Å². The monoisotopic (exact) mass is 324 g/mol. The lowest BCUT2D eigenvalue weighted by Gasteiger charge is -2.05. The minimum absolute atomic E-state index is 0.0142. The van der Waals surface area contributed by atoms with Gasteiger partial charge in [-0.25, -0.2) is 0 Å². The second kappa shape index (κ2) is 6.16. The molecule has 0 saturated carbocycles. The number of furan rings is 1. The zero-order valence-electron chi connectivity index (χ0n) is 13.3. The minimum atomic E-state index is -0.479. The van der Waals surface area contributed by atoms with E-state index in [4.69, 9.17) is 4.42 Å². The van der Waals surface area contributed by atoms with Crippen molar-refractivity contribution in [2.75, 3.05) is 5.32 Å². The molecule has 0 radical (unpaired) electrons. The Morgan fingerprint density at radius 1 is 1.17 bits per heavy atom. The maximum absolute atomic E-state index is 12.2. The fourth-order valence-electron chi connectivity index (χ4n) is 2.57. The van der Waals surface area contributed by atoms with Gasteiger partial charge in [-0.05, 0) is 37.1 Å². The SMILES string of the molecule is Cc1ccc2c(CC(=O)Nc3ccc([N+](=O)[O-])cc3)coc2c1C. The summed E-state index contributed by atoms with van der Waals surface area (Å²) in [7, 11) is 0. The highest BCUT2D eigenvalue weighted by molar-refractivity contribution is 5.96. The van der Waals surface area contributed by atoms with Gasteiger partial charge >= 0.3 is 0 Å². The number of nitro benzene ring substituents is 1. The van der Waals surface area contributed by atoms with Gasteiger partial charge in [0.1, 0.15) is 5.58 Å². The molecule has 0 atom stereocenters. The molecule has 1 amide bonds. The van der Waals surface area contributed by atoms with Gasteiger partial charge in [0.15, 0.2) is 0 Å². The van der Waals surface area contributed by atoms with Gasteiger partial charge in [0.25, 0.3) is 5.69 Å². The number of carbonyl (C=O) groups is 1. The number of amides is 1. The highest BCUT2D eigenvalue weighted by atomic mass is 16.6. The van der Waals surface area contributed by atoms with Gasteiger partial charge in [-0.2, -0.15) is 0 Å². The standard InChI is InChI=1S/C18H16N2O4/c1-11-3-8-16-13(10-24-18(16)12(11)2)9-17(21)19-14-4-6-15(7-5-14)20(22)23/h3-8,10H,9H2,1-2H3,(H,19,21). The summed E-state index contributed by atoms with van der Waals surface area (Å²) in [5.74, 6) is -0.204. The van der Waals surface area contributed by atoms with Crippen molar-refractivity contribution in [1.29, 1.82) is 0 Å². The number of anilines is 1. The molecule has 0 unspecified atom stereocenters. The molecular formula is C18H16N2O4. The maximum atomic E-state index is 12.2. The van der Waals surface area contributed by atoms with Crippen molar-refractivity contribution in [3.63, 3.8) is 0 Å². The van der Waals surface area contributed by atoms with Crippen LogP contribution in [0.3, 0.4) is 0 Å². The molecule has 122 valence electrons. The van der Waals surface area contributed by atoms with Gasteiger partial charge in [0.05, 0.1) is 17.6 Å². The topological polar surface area (TPSA) is 85.4 Å². The Morgan fingerprint density at radius 2 is 1.88 bits per heavy atom. The van der Waals surface area contributed by atoms with E-state index >= 15 is 0 Å². The first-order valence-corrected chi connectivity index (χ1v) is 7.46. The first-order valence-electron chi connectivity index (χ1n) is 7.46. The van der Waals surface area contributed by atoms with Crippen LogP contribution in [-0.2, 0) is 11.2 Å². The van der Waals surface area contributed by atoms with Crippen molar-refractivity contribution < 1.29 is 14.1 Å². The van der Waals surface area contributed by atoms with Crippen LogP contribution in [0.4, 0.5) is 11.4 Å². The predicted octanol–water partition coefficient (Wildman–Crippen LogP) is 4.14. The maximum Gasteiger partial charge on any atom is 0.269 e. The van der Waals surface area contributed by atoms with Crippen LogP contribution in [-0.4, -0.2) is 10.8 Å². The molecule has 0 bridgehead atoms. The first kappa shape index (κ1) is 15.7. The van der Waals surface area contributed by atoms with Crippen LogP contribution in [0.2, 0.25) is 0 Å². The Kier molecular flexibility index (Phi) is 4.04. The van der Waals surface area contributed by atoms with E-state index in [9.17, 15) is 14.9 Å². The molecule has 0 aliphatic rings. The third-order valence-electron chi connectivity index (χ3n) is 4.05. The predicted molar refractivity (Wildman–Crippen MR) is 91.1 cm³/mol. The van der Waals surface area contributed by atoms with Crippen molar-refractivity contribution in [2.45, 2.75) is 20.3 Å². The molecule has 24 heavy (non-hydrogen) atoms. The molecule has 2 aromatic carbocycles. The van der Waals surface area contributed by atoms with Gasteiger partial charge in [0.2, 0.25) is 5.91 Å². The molecule has 3 rings (SSSR count). The van der Waals surface area contributed by atoms with E-state index in [-0.39, 0.29) is 18.0 Å². The average Bonchev–Trinajstić information content (AvgIpc) is 2.95. The number of hydrogen-bond donors (Lipinski definition) is 1.